The van der Waals surface area contributed by atoms with Gasteiger partial charge in [-0.2, -0.15) is 4.37 Å². The maximum Gasteiger partial charge on any atom is 0.201 e. The van der Waals surface area contributed by atoms with Gasteiger partial charge in [0.15, 0.2) is 0 Å². The molecule has 1 aromatic carbocycles. The Morgan fingerprint density at radius 1 is 1.29 bits per heavy atom. The molecule has 2 N–H and O–H groups in total. The molecule has 2 unspecified atom stereocenters. The van der Waals surface area contributed by atoms with Crippen molar-refractivity contribution in [1.29, 1.82) is 0 Å². The summed E-state index contributed by atoms with van der Waals surface area (Å²) in [5.74, 6) is 0. The van der Waals surface area contributed by atoms with E-state index in [-0.39, 0.29) is 6.10 Å². The Bertz CT molecular complexity index is 511. The molecule has 1 saturated carbocycles. The van der Waals surface area contributed by atoms with Crippen molar-refractivity contribution < 1.29 is 4.74 Å². The largest absolute Gasteiger partial charge is 0.479 e. The minimum Gasteiger partial charge on any atom is -0.479 e. The molecule has 1 fully saturated rings. The number of fused-ring (bicyclic) bond motifs is 1. The summed E-state index contributed by atoms with van der Waals surface area (Å²) in [5, 5.41) is 2.07. The summed E-state index contributed by atoms with van der Waals surface area (Å²) in [6.45, 7) is 0. The van der Waals surface area contributed by atoms with Crippen molar-refractivity contribution in [1.82, 2.24) is 4.37 Å². The van der Waals surface area contributed by atoms with Gasteiger partial charge < -0.3 is 10.5 Å². The Hall–Kier alpha value is -1.13. The summed E-state index contributed by atoms with van der Waals surface area (Å²) in [6, 6.07) is 8.41. The summed E-state index contributed by atoms with van der Waals surface area (Å²) < 4.78 is 10.4. The van der Waals surface area contributed by atoms with Gasteiger partial charge in [-0.25, -0.2) is 0 Å². The molecule has 0 spiro atoms. The van der Waals surface area contributed by atoms with Gasteiger partial charge >= 0.3 is 0 Å². The first-order valence-electron chi connectivity index (χ1n) is 6.09. The SMILES string of the molecule is NC1CCCC(Oc2snc3ccccc23)C1. The van der Waals surface area contributed by atoms with Crippen molar-refractivity contribution in [2.75, 3.05) is 0 Å². The molecule has 1 heterocycles. The highest BCUT2D eigenvalue weighted by Crippen LogP contribution is 2.32. The third-order valence-electron chi connectivity index (χ3n) is 3.29. The molecule has 1 aliphatic rings. The fourth-order valence-corrected chi connectivity index (χ4v) is 3.18. The average molecular weight is 248 g/mol. The smallest absolute Gasteiger partial charge is 0.201 e. The van der Waals surface area contributed by atoms with Crippen LogP contribution in [-0.2, 0) is 0 Å². The summed E-state index contributed by atoms with van der Waals surface area (Å²) in [7, 11) is 0. The molecule has 4 heteroatoms. The molecule has 1 aromatic heterocycles. The molecular weight excluding hydrogens is 232 g/mol. The molecule has 0 aliphatic heterocycles. The van der Waals surface area contributed by atoms with Crippen LogP contribution in [0.2, 0.25) is 0 Å². The lowest BCUT2D eigenvalue weighted by Gasteiger charge is -2.26. The Balaban J connectivity index is 1.80. The fraction of sp³-hybridized carbons (Fsp3) is 0.462. The zero-order valence-corrected chi connectivity index (χ0v) is 10.5. The van der Waals surface area contributed by atoms with Crippen LogP contribution in [0, 0.1) is 0 Å². The highest BCUT2D eigenvalue weighted by atomic mass is 32.1. The van der Waals surface area contributed by atoms with E-state index in [1.54, 1.807) is 0 Å². The van der Waals surface area contributed by atoms with Crippen molar-refractivity contribution in [2.24, 2.45) is 5.73 Å². The van der Waals surface area contributed by atoms with Crippen LogP contribution in [0.4, 0.5) is 0 Å². The topological polar surface area (TPSA) is 48.1 Å². The van der Waals surface area contributed by atoms with Gasteiger partial charge in [-0.3, -0.25) is 0 Å². The van der Waals surface area contributed by atoms with E-state index in [0.29, 0.717) is 6.04 Å². The Morgan fingerprint density at radius 2 is 2.18 bits per heavy atom. The minimum atomic E-state index is 0.266. The zero-order valence-electron chi connectivity index (χ0n) is 9.63. The summed E-state index contributed by atoms with van der Waals surface area (Å²) >= 11 is 1.44. The van der Waals surface area contributed by atoms with Crippen molar-refractivity contribution >= 4 is 22.4 Å². The summed E-state index contributed by atoms with van der Waals surface area (Å²) in [4.78, 5) is 0. The second-order valence-electron chi connectivity index (χ2n) is 4.65. The van der Waals surface area contributed by atoms with E-state index in [1.807, 2.05) is 18.2 Å². The van der Waals surface area contributed by atoms with E-state index in [9.17, 15) is 0 Å². The van der Waals surface area contributed by atoms with Crippen LogP contribution >= 0.6 is 11.5 Å². The van der Waals surface area contributed by atoms with Crippen LogP contribution in [0.15, 0.2) is 24.3 Å². The van der Waals surface area contributed by atoms with E-state index >= 15 is 0 Å². The van der Waals surface area contributed by atoms with Crippen LogP contribution in [0.5, 0.6) is 5.06 Å². The molecule has 0 bridgehead atoms. The van der Waals surface area contributed by atoms with Crippen LogP contribution in [0.3, 0.4) is 0 Å². The van der Waals surface area contributed by atoms with Crippen molar-refractivity contribution in [2.45, 2.75) is 37.8 Å². The molecule has 90 valence electrons. The van der Waals surface area contributed by atoms with E-state index in [1.165, 1.54) is 18.0 Å². The van der Waals surface area contributed by atoms with E-state index in [4.69, 9.17) is 10.5 Å². The maximum atomic E-state index is 6.06. The Labute approximate surface area is 105 Å². The van der Waals surface area contributed by atoms with Gasteiger partial charge in [0.1, 0.15) is 6.10 Å². The van der Waals surface area contributed by atoms with Gasteiger partial charge in [0.2, 0.25) is 5.06 Å². The third-order valence-corrected chi connectivity index (χ3v) is 4.06. The summed E-state index contributed by atoms with van der Waals surface area (Å²) in [5.41, 5.74) is 7.00. The number of nitrogens with two attached hydrogens (primary N) is 1. The van der Waals surface area contributed by atoms with Crippen LogP contribution < -0.4 is 10.5 Å². The molecule has 0 radical (unpaired) electrons. The molecule has 0 saturated heterocycles. The first-order chi connectivity index (χ1) is 8.33. The van der Waals surface area contributed by atoms with E-state index < -0.39 is 0 Å². The predicted octanol–water partition coefficient (Wildman–Crippen LogP) is 2.95. The van der Waals surface area contributed by atoms with E-state index in [2.05, 4.69) is 10.4 Å². The molecule has 2 atom stereocenters. The molecule has 0 amide bonds. The quantitative estimate of drug-likeness (QED) is 0.889. The lowest BCUT2D eigenvalue weighted by Crippen LogP contribution is -2.33. The normalized spacial score (nSPS) is 25.0. The standard InChI is InChI=1S/C13H16N2OS/c14-9-4-3-5-10(8-9)16-13-11-6-1-2-7-12(11)15-17-13/h1-2,6-7,9-10H,3-5,8,14H2. The van der Waals surface area contributed by atoms with Crippen LogP contribution in [0.1, 0.15) is 25.7 Å². The summed E-state index contributed by atoms with van der Waals surface area (Å²) in [6.07, 6.45) is 4.64. The highest BCUT2D eigenvalue weighted by molar-refractivity contribution is 7.09. The number of ether oxygens (including phenoxy) is 1. The lowest BCUT2D eigenvalue weighted by atomic mass is 9.94. The molecule has 2 aromatic rings. The second kappa shape index (κ2) is 4.63. The van der Waals surface area contributed by atoms with Crippen molar-refractivity contribution in [3.05, 3.63) is 24.3 Å². The van der Waals surface area contributed by atoms with Gasteiger partial charge in [-0.1, -0.05) is 12.1 Å². The zero-order chi connectivity index (χ0) is 11.7. The number of nitrogens with zero attached hydrogens (tertiary/aromatic N) is 1. The highest BCUT2D eigenvalue weighted by Gasteiger charge is 2.21. The third kappa shape index (κ3) is 2.28. The number of aromatic nitrogens is 1. The van der Waals surface area contributed by atoms with Gasteiger partial charge in [0, 0.05) is 17.6 Å². The number of rotatable bonds is 2. The first-order valence-corrected chi connectivity index (χ1v) is 6.87. The van der Waals surface area contributed by atoms with E-state index in [0.717, 1.165) is 35.2 Å². The Kier molecular flexibility index (Phi) is 2.99. The van der Waals surface area contributed by atoms with Crippen molar-refractivity contribution in [3.63, 3.8) is 0 Å². The lowest BCUT2D eigenvalue weighted by molar-refractivity contribution is 0.151. The van der Waals surface area contributed by atoms with Gasteiger partial charge in [0.05, 0.1) is 10.9 Å². The monoisotopic (exact) mass is 248 g/mol. The number of hydrogen-bond donors (Lipinski definition) is 1. The molecule has 1 aliphatic carbocycles. The average Bonchev–Trinajstić information content (AvgIpc) is 2.73. The minimum absolute atomic E-state index is 0.266. The fourth-order valence-electron chi connectivity index (χ4n) is 2.39. The first kappa shape index (κ1) is 11.0. The molecular formula is C13H16N2OS. The number of hydrogen-bond acceptors (Lipinski definition) is 4. The van der Waals surface area contributed by atoms with Crippen LogP contribution in [-0.4, -0.2) is 16.5 Å². The van der Waals surface area contributed by atoms with Gasteiger partial charge in [0.25, 0.3) is 0 Å². The number of benzene rings is 1. The second-order valence-corrected chi connectivity index (χ2v) is 5.39. The molecule has 17 heavy (non-hydrogen) atoms. The maximum absolute atomic E-state index is 6.06. The Morgan fingerprint density at radius 3 is 3.06 bits per heavy atom. The van der Waals surface area contributed by atoms with Gasteiger partial charge in [-0.05, 0) is 37.8 Å². The molecule has 3 nitrogen and oxygen atoms in total. The van der Waals surface area contributed by atoms with Crippen LogP contribution in [0.25, 0.3) is 10.9 Å². The van der Waals surface area contributed by atoms with Gasteiger partial charge in [-0.15, -0.1) is 0 Å². The van der Waals surface area contributed by atoms with Crippen molar-refractivity contribution in [3.8, 4) is 5.06 Å². The molecule has 3 rings (SSSR count). The predicted molar refractivity (Wildman–Crippen MR) is 70.5 cm³/mol.